The Kier molecular flexibility index (Phi) is 5.74. The van der Waals surface area contributed by atoms with E-state index in [1.165, 1.54) is 22.3 Å². The van der Waals surface area contributed by atoms with Crippen molar-refractivity contribution in [1.29, 1.82) is 0 Å². The van der Waals surface area contributed by atoms with Crippen LogP contribution in [0.4, 0.5) is 5.13 Å². The van der Waals surface area contributed by atoms with Gasteiger partial charge in [-0.05, 0) is 25.1 Å². The first kappa shape index (κ1) is 19.0. The number of fused-ring (bicyclic) bond motifs is 1. The zero-order valence-corrected chi connectivity index (χ0v) is 16.6. The average Bonchev–Trinajstić information content (AvgIpc) is 3.02. The quantitative estimate of drug-likeness (QED) is 0.816. The molecule has 2 heterocycles. The minimum Gasteiger partial charge on any atom is -0.298 e. The predicted octanol–water partition coefficient (Wildman–Crippen LogP) is 2.96. The van der Waals surface area contributed by atoms with Gasteiger partial charge in [0.1, 0.15) is 0 Å². The average molecular weight is 394 g/mol. The molecule has 1 aromatic heterocycles. The second kappa shape index (κ2) is 7.85. The zero-order chi connectivity index (χ0) is 18.7. The smallest absolute Gasteiger partial charge is 0.258 e. The minimum atomic E-state index is -3.48. The van der Waals surface area contributed by atoms with Gasteiger partial charge in [0, 0.05) is 24.4 Å². The third-order valence-electron chi connectivity index (χ3n) is 4.42. The number of sulfone groups is 1. The van der Waals surface area contributed by atoms with Crippen molar-refractivity contribution in [2.24, 2.45) is 0 Å². The number of nitrogens with one attached hydrogen (secondary N) is 1. The van der Waals surface area contributed by atoms with Gasteiger partial charge in [0.25, 0.3) is 5.91 Å². The summed E-state index contributed by atoms with van der Waals surface area (Å²) in [6, 6.07) is 6.35. The van der Waals surface area contributed by atoms with Crippen LogP contribution in [-0.4, -0.2) is 43.1 Å². The highest BCUT2D eigenvalue weighted by Crippen LogP contribution is 2.29. The van der Waals surface area contributed by atoms with Crippen LogP contribution in [0.1, 0.15) is 41.2 Å². The normalized spacial score (nSPS) is 14.8. The molecule has 26 heavy (non-hydrogen) atoms. The highest BCUT2D eigenvalue weighted by Gasteiger charge is 2.24. The maximum absolute atomic E-state index is 12.7. The fourth-order valence-electron chi connectivity index (χ4n) is 3.04. The molecule has 1 aliphatic heterocycles. The molecule has 0 spiro atoms. The van der Waals surface area contributed by atoms with Gasteiger partial charge in [0.15, 0.2) is 15.0 Å². The van der Waals surface area contributed by atoms with E-state index in [4.69, 9.17) is 0 Å². The Balaban J connectivity index is 1.83. The minimum absolute atomic E-state index is 0.0235. The Morgan fingerprint density at radius 1 is 1.31 bits per heavy atom. The van der Waals surface area contributed by atoms with Crippen LogP contribution in [0.2, 0.25) is 0 Å². The summed E-state index contributed by atoms with van der Waals surface area (Å²) in [7, 11) is -3.48. The fourth-order valence-corrected chi connectivity index (χ4v) is 5.62. The highest BCUT2D eigenvalue weighted by atomic mass is 32.2. The Labute approximate surface area is 158 Å². The van der Waals surface area contributed by atoms with E-state index in [0.717, 1.165) is 31.7 Å². The molecule has 1 amide bonds. The van der Waals surface area contributed by atoms with Crippen molar-refractivity contribution in [1.82, 2.24) is 9.88 Å². The van der Waals surface area contributed by atoms with E-state index in [9.17, 15) is 13.2 Å². The van der Waals surface area contributed by atoms with Crippen LogP contribution in [0.15, 0.2) is 29.2 Å². The molecule has 8 heteroatoms. The molecule has 0 saturated heterocycles. The van der Waals surface area contributed by atoms with E-state index in [1.54, 1.807) is 25.1 Å². The number of thiazole rings is 1. The maximum Gasteiger partial charge on any atom is 0.258 e. The van der Waals surface area contributed by atoms with E-state index in [-0.39, 0.29) is 16.2 Å². The molecule has 1 aromatic carbocycles. The largest absolute Gasteiger partial charge is 0.298 e. The molecule has 2 aromatic rings. The number of aromatic nitrogens is 1. The van der Waals surface area contributed by atoms with E-state index in [0.29, 0.717) is 11.6 Å². The van der Waals surface area contributed by atoms with Crippen molar-refractivity contribution in [3.8, 4) is 0 Å². The summed E-state index contributed by atoms with van der Waals surface area (Å²) in [5.74, 6) is -0.408. The lowest BCUT2D eigenvalue weighted by Crippen LogP contribution is -2.29. The number of carbonyl (C=O) groups is 1. The van der Waals surface area contributed by atoms with Crippen LogP contribution in [0.3, 0.4) is 0 Å². The number of likely N-dealkylation sites (N-methyl/N-ethyl adjacent to an activating group) is 1. The predicted molar refractivity (Wildman–Crippen MR) is 104 cm³/mol. The lowest BCUT2D eigenvalue weighted by atomic mass is 10.2. The second-order valence-electron chi connectivity index (χ2n) is 6.28. The molecule has 0 unspecified atom stereocenters. The number of rotatable bonds is 6. The monoisotopic (exact) mass is 393 g/mol. The molecule has 0 saturated carbocycles. The molecule has 1 aliphatic rings. The standard InChI is InChI=1S/C18H23N3O3S2/c1-3-11-26(23,24)16-8-6-5-7-13(16)17(22)20-18-19-14-9-10-21(4-2)12-15(14)25-18/h5-8H,3-4,9-12H2,1-2H3,(H,19,20,22). The second-order valence-corrected chi connectivity index (χ2v) is 9.44. The van der Waals surface area contributed by atoms with Crippen molar-refractivity contribution in [3.63, 3.8) is 0 Å². The number of amides is 1. The molecule has 0 fully saturated rings. The Morgan fingerprint density at radius 3 is 2.81 bits per heavy atom. The van der Waals surface area contributed by atoms with E-state index < -0.39 is 15.7 Å². The molecule has 140 valence electrons. The molecular formula is C18H23N3O3S2. The number of anilines is 1. The zero-order valence-electron chi connectivity index (χ0n) is 15.0. The summed E-state index contributed by atoms with van der Waals surface area (Å²) >= 11 is 1.47. The highest BCUT2D eigenvalue weighted by molar-refractivity contribution is 7.91. The van der Waals surface area contributed by atoms with Crippen LogP contribution in [0, 0.1) is 0 Å². The lowest BCUT2D eigenvalue weighted by Gasteiger charge is -2.23. The van der Waals surface area contributed by atoms with Crippen LogP contribution >= 0.6 is 11.3 Å². The summed E-state index contributed by atoms with van der Waals surface area (Å²) < 4.78 is 24.9. The van der Waals surface area contributed by atoms with Crippen molar-refractivity contribution in [3.05, 3.63) is 40.4 Å². The van der Waals surface area contributed by atoms with Gasteiger partial charge in [-0.2, -0.15) is 0 Å². The topological polar surface area (TPSA) is 79.4 Å². The number of hydrogen-bond donors (Lipinski definition) is 1. The van der Waals surface area contributed by atoms with Gasteiger partial charge < -0.3 is 0 Å². The Hall–Kier alpha value is -1.77. The van der Waals surface area contributed by atoms with Gasteiger partial charge in [0.05, 0.1) is 21.9 Å². The lowest BCUT2D eigenvalue weighted by molar-refractivity contribution is 0.102. The van der Waals surface area contributed by atoms with Crippen LogP contribution < -0.4 is 5.32 Å². The molecule has 0 aliphatic carbocycles. The first-order chi connectivity index (χ1) is 12.4. The maximum atomic E-state index is 12.7. The number of benzene rings is 1. The summed E-state index contributed by atoms with van der Waals surface area (Å²) in [6.45, 7) is 6.74. The first-order valence-electron chi connectivity index (χ1n) is 8.78. The van der Waals surface area contributed by atoms with Crippen molar-refractivity contribution in [2.45, 2.75) is 38.1 Å². The van der Waals surface area contributed by atoms with E-state index in [2.05, 4.69) is 22.1 Å². The van der Waals surface area contributed by atoms with Gasteiger partial charge in [-0.25, -0.2) is 13.4 Å². The Bertz CT molecular complexity index is 906. The molecule has 1 N–H and O–H groups in total. The summed E-state index contributed by atoms with van der Waals surface area (Å²) in [4.78, 5) is 20.8. The van der Waals surface area contributed by atoms with Crippen molar-refractivity contribution < 1.29 is 13.2 Å². The Morgan fingerprint density at radius 2 is 2.08 bits per heavy atom. The SMILES string of the molecule is CCCS(=O)(=O)c1ccccc1C(=O)Nc1nc2c(s1)CN(CC)CC2. The molecule has 0 radical (unpaired) electrons. The molecule has 0 bridgehead atoms. The van der Waals surface area contributed by atoms with Crippen LogP contribution in [0.5, 0.6) is 0 Å². The van der Waals surface area contributed by atoms with Crippen molar-refractivity contribution in [2.75, 3.05) is 24.2 Å². The molecule has 6 nitrogen and oxygen atoms in total. The van der Waals surface area contributed by atoms with Gasteiger partial charge >= 0.3 is 0 Å². The first-order valence-corrected chi connectivity index (χ1v) is 11.3. The molecular weight excluding hydrogens is 370 g/mol. The number of hydrogen-bond acceptors (Lipinski definition) is 6. The van der Waals surface area contributed by atoms with E-state index in [1.807, 2.05) is 0 Å². The summed E-state index contributed by atoms with van der Waals surface area (Å²) in [5.41, 5.74) is 1.20. The van der Waals surface area contributed by atoms with Crippen LogP contribution in [0.25, 0.3) is 0 Å². The third kappa shape index (κ3) is 3.97. The van der Waals surface area contributed by atoms with E-state index >= 15 is 0 Å². The molecule has 0 atom stereocenters. The van der Waals surface area contributed by atoms with Gasteiger partial charge in [-0.3, -0.25) is 15.0 Å². The van der Waals surface area contributed by atoms with Gasteiger partial charge in [-0.1, -0.05) is 26.0 Å². The van der Waals surface area contributed by atoms with Gasteiger partial charge in [0.2, 0.25) is 0 Å². The summed E-state index contributed by atoms with van der Waals surface area (Å²) in [6.07, 6.45) is 1.38. The van der Waals surface area contributed by atoms with Crippen LogP contribution in [-0.2, 0) is 22.8 Å². The van der Waals surface area contributed by atoms with Crippen molar-refractivity contribution >= 4 is 32.2 Å². The third-order valence-corrected chi connectivity index (χ3v) is 7.39. The van der Waals surface area contributed by atoms with Gasteiger partial charge in [-0.15, -0.1) is 11.3 Å². The number of carbonyl (C=O) groups excluding carboxylic acids is 1. The molecule has 3 rings (SSSR count). The fraction of sp³-hybridized carbons (Fsp3) is 0.444. The number of nitrogens with zero attached hydrogens (tertiary/aromatic N) is 2. The summed E-state index contributed by atoms with van der Waals surface area (Å²) in [5, 5.41) is 3.32.